The molecule has 0 radical (unpaired) electrons. The van der Waals surface area contributed by atoms with Crippen LogP contribution < -0.4 is 4.90 Å². The van der Waals surface area contributed by atoms with Crippen LogP contribution in [0.5, 0.6) is 0 Å². The molecule has 1 heterocycles. The molecule has 0 saturated carbocycles. The molecule has 1 amide bonds. The van der Waals surface area contributed by atoms with Crippen LogP contribution in [-0.2, 0) is 14.3 Å². The summed E-state index contributed by atoms with van der Waals surface area (Å²) in [5.74, 6) is -1.34. The Morgan fingerprint density at radius 1 is 1.36 bits per heavy atom. The van der Waals surface area contributed by atoms with Gasteiger partial charge in [-0.15, -0.1) is 0 Å². The van der Waals surface area contributed by atoms with E-state index in [2.05, 4.69) is 0 Å². The molecule has 22 heavy (non-hydrogen) atoms. The number of benzene rings is 1. The summed E-state index contributed by atoms with van der Waals surface area (Å²) in [6, 6.07) is 6.65. The normalized spacial score (nSPS) is 17.2. The minimum atomic E-state index is -0.979. The van der Waals surface area contributed by atoms with Crippen molar-refractivity contribution in [3.8, 4) is 0 Å². The lowest BCUT2D eigenvalue weighted by molar-refractivity contribution is -0.136. The number of hydrogen-bond acceptors (Lipinski definition) is 4. The largest absolute Gasteiger partial charge is 0.481 e. The van der Waals surface area contributed by atoms with Gasteiger partial charge in [0.05, 0.1) is 6.42 Å². The molecule has 0 aromatic heterocycles. The Labute approximate surface area is 128 Å². The minimum Gasteiger partial charge on any atom is -0.481 e. The van der Waals surface area contributed by atoms with E-state index < -0.39 is 12.1 Å². The highest BCUT2D eigenvalue weighted by molar-refractivity contribution is 5.99. The van der Waals surface area contributed by atoms with Gasteiger partial charge in [-0.05, 0) is 31.9 Å². The predicted octanol–water partition coefficient (Wildman–Crippen LogP) is 1.88. The number of hydrogen-bond donors (Lipinski definition) is 1. The fraction of sp³-hybridized carbons (Fsp3) is 0.438. The number of carbonyl (C=O) groups excluding carboxylic acids is 2. The molecule has 1 unspecified atom stereocenters. The van der Waals surface area contributed by atoms with Gasteiger partial charge >= 0.3 is 5.97 Å². The van der Waals surface area contributed by atoms with Crippen molar-refractivity contribution in [2.24, 2.45) is 0 Å². The predicted molar refractivity (Wildman–Crippen MR) is 80.0 cm³/mol. The smallest absolute Gasteiger partial charge is 0.305 e. The molecule has 1 aliphatic rings. The Hall–Kier alpha value is -2.21. The number of ether oxygens (including phenoxy) is 1. The van der Waals surface area contributed by atoms with E-state index in [4.69, 9.17) is 9.84 Å². The average molecular weight is 305 g/mol. The average Bonchev–Trinajstić information content (AvgIpc) is 3.01. The second-order valence-corrected chi connectivity index (χ2v) is 5.24. The number of carboxylic acid groups (broad SMARTS) is 1. The quantitative estimate of drug-likeness (QED) is 0.811. The van der Waals surface area contributed by atoms with Crippen LogP contribution in [0.25, 0.3) is 0 Å². The molecule has 1 atom stereocenters. The van der Waals surface area contributed by atoms with Gasteiger partial charge in [-0.1, -0.05) is 12.1 Å². The topological polar surface area (TPSA) is 83.9 Å². The minimum absolute atomic E-state index is 0.0510. The summed E-state index contributed by atoms with van der Waals surface area (Å²) in [6.45, 7) is 2.04. The van der Waals surface area contributed by atoms with Crippen LogP contribution in [0.1, 0.15) is 36.5 Å². The zero-order valence-corrected chi connectivity index (χ0v) is 12.4. The Morgan fingerprint density at radius 3 is 2.73 bits per heavy atom. The SMILES string of the molecule is CC(=O)c1cccc(N(CCC(=O)O)C(=O)C2CCCO2)c1. The lowest BCUT2D eigenvalue weighted by atomic mass is 10.1. The van der Waals surface area contributed by atoms with Gasteiger partial charge in [0, 0.05) is 24.4 Å². The maximum atomic E-state index is 12.6. The maximum Gasteiger partial charge on any atom is 0.305 e. The van der Waals surface area contributed by atoms with Crippen molar-refractivity contribution in [3.63, 3.8) is 0 Å². The van der Waals surface area contributed by atoms with Crippen molar-refractivity contribution in [3.05, 3.63) is 29.8 Å². The van der Waals surface area contributed by atoms with Crippen molar-refractivity contribution in [2.45, 2.75) is 32.3 Å². The zero-order chi connectivity index (χ0) is 16.1. The van der Waals surface area contributed by atoms with Crippen molar-refractivity contribution in [1.82, 2.24) is 0 Å². The first-order valence-corrected chi connectivity index (χ1v) is 7.25. The molecule has 0 bridgehead atoms. The van der Waals surface area contributed by atoms with E-state index in [1.54, 1.807) is 24.3 Å². The van der Waals surface area contributed by atoms with Crippen LogP contribution >= 0.6 is 0 Å². The molecular weight excluding hydrogens is 286 g/mol. The highest BCUT2D eigenvalue weighted by atomic mass is 16.5. The van der Waals surface area contributed by atoms with Gasteiger partial charge in [0.15, 0.2) is 5.78 Å². The number of Topliss-reactive ketones (excluding diaryl/α,β-unsaturated/α-hetero) is 1. The second kappa shape index (κ2) is 7.17. The maximum absolute atomic E-state index is 12.6. The summed E-state index contributed by atoms with van der Waals surface area (Å²) in [6.07, 6.45) is 0.753. The first-order valence-electron chi connectivity index (χ1n) is 7.25. The third kappa shape index (κ3) is 3.92. The third-order valence-electron chi connectivity index (χ3n) is 3.58. The Balaban J connectivity index is 2.26. The van der Waals surface area contributed by atoms with E-state index in [0.29, 0.717) is 24.3 Å². The van der Waals surface area contributed by atoms with Crippen molar-refractivity contribution in [1.29, 1.82) is 0 Å². The summed E-state index contributed by atoms with van der Waals surface area (Å²) in [5.41, 5.74) is 1.01. The number of carboxylic acids is 1. The Kier molecular flexibility index (Phi) is 5.27. The molecular formula is C16H19NO5. The number of rotatable bonds is 6. The Bertz CT molecular complexity index is 578. The second-order valence-electron chi connectivity index (χ2n) is 5.24. The van der Waals surface area contributed by atoms with Gasteiger partial charge in [0.1, 0.15) is 6.10 Å². The molecule has 1 saturated heterocycles. The molecule has 1 N–H and O–H groups in total. The van der Waals surface area contributed by atoms with E-state index in [1.165, 1.54) is 11.8 Å². The van der Waals surface area contributed by atoms with E-state index in [1.807, 2.05) is 0 Å². The highest BCUT2D eigenvalue weighted by Crippen LogP contribution is 2.22. The first-order chi connectivity index (χ1) is 10.5. The number of ketones is 1. The van der Waals surface area contributed by atoms with Gasteiger partial charge < -0.3 is 14.7 Å². The van der Waals surface area contributed by atoms with Gasteiger partial charge in [-0.2, -0.15) is 0 Å². The summed E-state index contributed by atoms with van der Waals surface area (Å²) in [4.78, 5) is 36.3. The third-order valence-corrected chi connectivity index (χ3v) is 3.58. The summed E-state index contributed by atoms with van der Waals surface area (Å²) in [7, 11) is 0. The van der Waals surface area contributed by atoms with E-state index >= 15 is 0 Å². The summed E-state index contributed by atoms with van der Waals surface area (Å²) < 4.78 is 5.40. The van der Waals surface area contributed by atoms with Gasteiger partial charge in [0.25, 0.3) is 5.91 Å². The monoisotopic (exact) mass is 305 g/mol. The fourth-order valence-electron chi connectivity index (χ4n) is 2.41. The fourth-order valence-corrected chi connectivity index (χ4v) is 2.41. The standard InChI is InChI=1S/C16H19NO5/c1-11(18)12-4-2-5-13(10-12)17(8-7-15(19)20)16(21)14-6-3-9-22-14/h2,4-5,10,14H,3,6-9H2,1H3,(H,19,20). The van der Waals surface area contributed by atoms with Gasteiger partial charge in [0.2, 0.25) is 0 Å². The van der Waals surface area contributed by atoms with Gasteiger partial charge in [-0.25, -0.2) is 0 Å². The number of amides is 1. The Morgan fingerprint density at radius 2 is 2.14 bits per heavy atom. The van der Waals surface area contributed by atoms with E-state index in [9.17, 15) is 14.4 Å². The van der Waals surface area contributed by atoms with Crippen molar-refractivity contribution >= 4 is 23.3 Å². The molecule has 1 aliphatic heterocycles. The number of nitrogens with zero attached hydrogens (tertiary/aromatic N) is 1. The highest BCUT2D eigenvalue weighted by Gasteiger charge is 2.29. The van der Waals surface area contributed by atoms with E-state index in [-0.39, 0.29) is 24.7 Å². The van der Waals surface area contributed by atoms with Crippen molar-refractivity contribution < 1.29 is 24.2 Å². The number of anilines is 1. The zero-order valence-electron chi connectivity index (χ0n) is 12.4. The summed E-state index contributed by atoms with van der Waals surface area (Å²) in [5, 5.41) is 8.88. The van der Waals surface area contributed by atoms with Crippen LogP contribution in [0.4, 0.5) is 5.69 Å². The summed E-state index contributed by atoms with van der Waals surface area (Å²) >= 11 is 0. The molecule has 118 valence electrons. The van der Waals surface area contributed by atoms with E-state index in [0.717, 1.165) is 6.42 Å². The van der Waals surface area contributed by atoms with Crippen LogP contribution in [0, 0.1) is 0 Å². The van der Waals surface area contributed by atoms with Crippen LogP contribution in [0.15, 0.2) is 24.3 Å². The lowest BCUT2D eigenvalue weighted by Crippen LogP contribution is -2.40. The lowest BCUT2D eigenvalue weighted by Gasteiger charge is -2.25. The molecule has 1 fully saturated rings. The van der Waals surface area contributed by atoms with Gasteiger partial charge in [-0.3, -0.25) is 14.4 Å². The number of carbonyl (C=O) groups is 3. The van der Waals surface area contributed by atoms with Crippen LogP contribution in [-0.4, -0.2) is 42.0 Å². The molecule has 0 spiro atoms. The molecule has 1 aromatic rings. The molecule has 6 nitrogen and oxygen atoms in total. The molecule has 0 aliphatic carbocycles. The van der Waals surface area contributed by atoms with Crippen LogP contribution in [0.2, 0.25) is 0 Å². The van der Waals surface area contributed by atoms with Crippen molar-refractivity contribution in [2.75, 3.05) is 18.1 Å². The molecule has 1 aromatic carbocycles. The first kappa shape index (κ1) is 16.2. The molecule has 2 rings (SSSR count). The number of aliphatic carboxylic acids is 1. The van der Waals surface area contributed by atoms with Crippen LogP contribution in [0.3, 0.4) is 0 Å². The molecule has 6 heteroatoms.